The van der Waals surface area contributed by atoms with E-state index in [-0.39, 0.29) is 0 Å². The van der Waals surface area contributed by atoms with Crippen LogP contribution in [0, 0.1) is 13.8 Å². The number of rotatable bonds is 1. The Balaban J connectivity index is 3.28. The normalized spacial score (nSPS) is 12.2. The summed E-state index contributed by atoms with van der Waals surface area (Å²) in [6.45, 7) is 11.6. The third-order valence-corrected chi connectivity index (χ3v) is 8.27. The van der Waals surface area contributed by atoms with E-state index in [1.165, 1.54) is 14.9 Å². The maximum Gasteiger partial charge on any atom is 0.0908 e. The van der Waals surface area contributed by atoms with Crippen molar-refractivity contribution in [3.05, 3.63) is 14.9 Å². The molecule has 0 unspecified atom stereocenters. The first-order chi connectivity index (χ1) is 5.34. The highest BCUT2D eigenvalue weighted by Gasteiger charge is 2.23. The van der Waals surface area contributed by atoms with Crippen LogP contribution in [-0.4, -0.2) is 8.07 Å². The molecule has 0 atom stereocenters. The zero-order valence-corrected chi connectivity index (χ0v) is 11.7. The largest absolute Gasteiger partial charge is 0.149 e. The Morgan fingerprint density at radius 3 is 1.83 bits per heavy atom. The summed E-state index contributed by atoms with van der Waals surface area (Å²) in [7, 11) is -1.10. The molecule has 0 N–H and O–H groups in total. The van der Waals surface area contributed by atoms with Gasteiger partial charge in [-0.2, -0.15) is 0 Å². The highest BCUT2D eigenvalue weighted by atomic mass is 79.9. The molecule has 68 valence electrons. The van der Waals surface area contributed by atoms with Gasteiger partial charge in [0.1, 0.15) is 0 Å². The molecule has 1 heterocycles. The van der Waals surface area contributed by atoms with Gasteiger partial charge in [-0.15, -0.1) is 11.3 Å². The van der Waals surface area contributed by atoms with Gasteiger partial charge in [0, 0.05) is 9.35 Å². The lowest BCUT2D eigenvalue weighted by Gasteiger charge is -2.14. The molecule has 3 heteroatoms. The average molecular weight is 263 g/mol. The molecule has 1 rings (SSSR count). The van der Waals surface area contributed by atoms with E-state index in [2.05, 4.69) is 49.4 Å². The fraction of sp³-hybridized carbons (Fsp3) is 0.556. The second kappa shape index (κ2) is 3.27. The molecule has 0 bridgehead atoms. The Hall–Kier alpha value is 0.397. The van der Waals surface area contributed by atoms with E-state index in [1.54, 1.807) is 4.50 Å². The van der Waals surface area contributed by atoms with E-state index in [0.29, 0.717) is 0 Å². The fourth-order valence-corrected chi connectivity index (χ4v) is 5.85. The highest BCUT2D eigenvalue weighted by Crippen LogP contribution is 2.27. The molecule has 0 spiro atoms. The zero-order valence-electron chi connectivity index (χ0n) is 8.29. The Labute approximate surface area is 88.1 Å². The molecule has 1 aromatic rings. The minimum Gasteiger partial charge on any atom is -0.149 e. The molecule has 0 nitrogen and oxygen atoms in total. The second-order valence-electron chi connectivity index (χ2n) is 4.18. The van der Waals surface area contributed by atoms with Crippen molar-refractivity contribution in [2.75, 3.05) is 0 Å². The molecule has 0 amide bonds. The lowest BCUT2D eigenvalue weighted by molar-refractivity contribution is 1.46. The van der Waals surface area contributed by atoms with Crippen molar-refractivity contribution in [1.82, 2.24) is 0 Å². The minimum atomic E-state index is -1.10. The highest BCUT2D eigenvalue weighted by molar-refractivity contribution is 9.10. The monoisotopic (exact) mass is 262 g/mol. The molecule has 12 heavy (non-hydrogen) atoms. The van der Waals surface area contributed by atoms with E-state index in [1.807, 2.05) is 11.3 Å². The van der Waals surface area contributed by atoms with Crippen LogP contribution >= 0.6 is 27.3 Å². The molecule has 0 radical (unpaired) electrons. The molecule has 0 fully saturated rings. The van der Waals surface area contributed by atoms with Gasteiger partial charge < -0.3 is 0 Å². The Morgan fingerprint density at radius 1 is 1.17 bits per heavy atom. The summed E-state index contributed by atoms with van der Waals surface area (Å²) in [6, 6.07) is 0. The van der Waals surface area contributed by atoms with Crippen LogP contribution in [0.25, 0.3) is 0 Å². The third kappa shape index (κ3) is 1.83. The van der Waals surface area contributed by atoms with Gasteiger partial charge >= 0.3 is 0 Å². The van der Waals surface area contributed by atoms with E-state index in [0.717, 1.165) is 0 Å². The maximum atomic E-state index is 3.63. The van der Waals surface area contributed by atoms with Gasteiger partial charge in [-0.3, -0.25) is 0 Å². The number of hydrogen-bond acceptors (Lipinski definition) is 1. The van der Waals surface area contributed by atoms with Crippen LogP contribution in [0.1, 0.15) is 10.4 Å². The van der Waals surface area contributed by atoms with E-state index < -0.39 is 8.07 Å². The zero-order chi connectivity index (χ0) is 9.52. The van der Waals surface area contributed by atoms with Gasteiger partial charge in [-0.1, -0.05) is 19.6 Å². The number of aryl methyl sites for hydroxylation is 1. The summed E-state index contributed by atoms with van der Waals surface area (Å²) >= 11 is 5.59. The van der Waals surface area contributed by atoms with Gasteiger partial charge in [0.2, 0.25) is 0 Å². The van der Waals surface area contributed by atoms with Crippen LogP contribution in [0.2, 0.25) is 19.6 Å². The number of hydrogen-bond donors (Lipinski definition) is 0. The third-order valence-electron chi connectivity index (χ3n) is 1.92. The van der Waals surface area contributed by atoms with Crippen LogP contribution in [0.4, 0.5) is 0 Å². The van der Waals surface area contributed by atoms with Crippen LogP contribution in [0.15, 0.2) is 4.47 Å². The van der Waals surface area contributed by atoms with Gasteiger partial charge in [0.15, 0.2) is 0 Å². The molecule has 0 aliphatic heterocycles. The SMILES string of the molecule is Cc1sc([Si](C)(C)C)c(C)c1Br. The molecule has 0 saturated heterocycles. The quantitative estimate of drug-likeness (QED) is 0.678. The Kier molecular flexibility index (Phi) is 2.86. The summed E-state index contributed by atoms with van der Waals surface area (Å²) in [5.41, 5.74) is 1.47. The summed E-state index contributed by atoms with van der Waals surface area (Å²) < 4.78 is 2.96. The van der Waals surface area contributed by atoms with Crippen molar-refractivity contribution < 1.29 is 0 Å². The van der Waals surface area contributed by atoms with E-state index in [4.69, 9.17) is 0 Å². The second-order valence-corrected chi connectivity index (χ2v) is 11.6. The molecule has 0 aromatic carbocycles. The molecule has 0 aliphatic carbocycles. The number of halogens is 1. The van der Waals surface area contributed by atoms with Crippen LogP contribution in [-0.2, 0) is 0 Å². The fourth-order valence-electron chi connectivity index (χ4n) is 1.35. The van der Waals surface area contributed by atoms with Crippen LogP contribution < -0.4 is 4.50 Å². The standard InChI is InChI=1S/C9H15BrSSi/c1-6-8(10)7(2)11-9(6)12(3,4)5/h1-5H3. The average Bonchev–Trinajstić information content (AvgIpc) is 2.15. The predicted octanol–water partition coefficient (Wildman–Crippen LogP) is 3.67. The Morgan fingerprint density at radius 2 is 1.67 bits per heavy atom. The van der Waals surface area contributed by atoms with Gasteiger partial charge in [0.25, 0.3) is 0 Å². The first-order valence-corrected chi connectivity index (χ1v) is 9.21. The summed E-state index contributed by atoms with van der Waals surface area (Å²) in [4.78, 5) is 1.42. The lowest BCUT2D eigenvalue weighted by Crippen LogP contribution is -2.36. The van der Waals surface area contributed by atoms with Gasteiger partial charge in [0.05, 0.1) is 8.07 Å². The molecular weight excluding hydrogens is 248 g/mol. The van der Waals surface area contributed by atoms with Crippen molar-refractivity contribution in [2.24, 2.45) is 0 Å². The van der Waals surface area contributed by atoms with Crippen molar-refractivity contribution in [2.45, 2.75) is 33.5 Å². The molecule has 0 aliphatic rings. The number of thiophene rings is 1. The van der Waals surface area contributed by atoms with Crippen molar-refractivity contribution >= 4 is 39.8 Å². The summed E-state index contributed by atoms with van der Waals surface area (Å²) in [6.07, 6.45) is 0. The minimum absolute atomic E-state index is 1.10. The smallest absolute Gasteiger partial charge is 0.0908 e. The first-order valence-electron chi connectivity index (χ1n) is 4.10. The molecular formula is C9H15BrSSi. The van der Waals surface area contributed by atoms with Crippen molar-refractivity contribution in [3.8, 4) is 0 Å². The maximum absolute atomic E-state index is 3.63. The van der Waals surface area contributed by atoms with Crippen LogP contribution in [0.3, 0.4) is 0 Å². The molecule has 1 aromatic heterocycles. The van der Waals surface area contributed by atoms with Gasteiger partial charge in [-0.05, 0) is 39.8 Å². The first kappa shape index (κ1) is 10.5. The topological polar surface area (TPSA) is 0 Å². The van der Waals surface area contributed by atoms with Crippen molar-refractivity contribution in [1.29, 1.82) is 0 Å². The Bertz CT molecular complexity index is 296. The predicted molar refractivity (Wildman–Crippen MR) is 64.5 cm³/mol. The molecule has 0 saturated carbocycles. The van der Waals surface area contributed by atoms with Crippen molar-refractivity contribution in [3.63, 3.8) is 0 Å². The van der Waals surface area contributed by atoms with E-state index in [9.17, 15) is 0 Å². The van der Waals surface area contributed by atoms with Crippen LogP contribution in [0.5, 0.6) is 0 Å². The summed E-state index contributed by atoms with van der Waals surface area (Å²) in [5, 5.41) is 0. The summed E-state index contributed by atoms with van der Waals surface area (Å²) in [5.74, 6) is 0. The van der Waals surface area contributed by atoms with E-state index >= 15 is 0 Å². The lowest BCUT2D eigenvalue weighted by atomic mass is 10.3. The van der Waals surface area contributed by atoms with Gasteiger partial charge in [-0.25, -0.2) is 0 Å².